The molecule has 7 nitrogen and oxygen atoms in total. The first-order chi connectivity index (χ1) is 16.7. The summed E-state index contributed by atoms with van der Waals surface area (Å²) < 4.78 is 35.1. The van der Waals surface area contributed by atoms with Crippen LogP contribution >= 0.6 is 0 Å². The third-order valence-electron chi connectivity index (χ3n) is 6.32. The Hall–Kier alpha value is -3.49. The molecule has 3 aromatic rings. The highest BCUT2D eigenvalue weighted by Crippen LogP contribution is 2.25. The van der Waals surface area contributed by atoms with Crippen molar-refractivity contribution in [1.29, 1.82) is 0 Å². The van der Waals surface area contributed by atoms with Crippen molar-refractivity contribution in [2.75, 3.05) is 13.2 Å². The number of ketones is 1. The molecule has 1 aliphatic heterocycles. The monoisotopic (exact) mass is 492 g/mol. The topological polar surface area (TPSA) is 85.7 Å². The van der Waals surface area contributed by atoms with Gasteiger partial charge in [0.15, 0.2) is 6.61 Å². The second kappa shape index (κ2) is 10.0. The number of rotatable bonds is 8. The molecule has 0 fully saturated rings. The van der Waals surface area contributed by atoms with Crippen LogP contribution < -0.4 is 0 Å². The number of hydrogen-bond acceptors (Lipinski definition) is 5. The molecule has 0 radical (unpaired) electrons. The highest BCUT2D eigenvalue weighted by Gasteiger charge is 2.29. The zero-order chi connectivity index (χ0) is 25.2. The first-order valence-corrected chi connectivity index (χ1v) is 12.8. The summed E-state index contributed by atoms with van der Waals surface area (Å²) >= 11 is 0. The van der Waals surface area contributed by atoms with Gasteiger partial charge in [0, 0.05) is 36.6 Å². The molecule has 2 aromatic carbocycles. The van der Waals surface area contributed by atoms with E-state index in [9.17, 15) is 18.0 Å². The third kappa shape index (κ3) is 4.99. The number of Topliss-reactive ketones (excluding diaryl/α,β-unsaturated/α-hetero) is 1. The Balaban J connectivity index is 1.46. The lowest BCUT2D eigenvalue weighted by Crippen LogP contribution is -2.36. The molecule has 0 amide bonds. The van der Waals surface area contributed by atoms with Gasteiger partial charge in [-0.1, -0.05) is 36.4 Å². The number of aryl methyl sites for hydroxylation is 1. The number of esters is 1. The molecule has 0 N–H and O–H groups in total. The maximum atomic E-state index is 13.3. The van der Waals surface area contributed by atoms with E-state index in [0.29, 0.717) is 25.1 Å². The van der Waals surface area contributed by atoms with E-state index in [4.69, 9.17) is 4.74 Å². The molecule has 2 heterocycles. The average molecular weight is 493 g/mol. The van der Waals surface area contributed by atoms with Gasteiger partial charge in [-0.05, 0) is 55.7 Å². The summed E-state index contributed by atoms with van der Waals surface area (Å²) in [5.41, 5.74) is 4.37. The summed E-state index contributed by atoms with van der Waals surface area (Å²) in [6.07, 6.45) is 2.38. The average Bonchev–Trinajstić information content (AvgIpc) is 3.15. The van der Waals surface area contributed by atoms with Crippen LogP contribution in [0.4, 0.5) is 0 Å². The number of carbonyl (C=O) groups excluding carboxylic acids is 2. The highest BCUT2D eigenvalue weighted by molar-refractivity contribution is 7.89. The van der Waals surface area contributed by atoms with Crippen LogP contribution in [0.2, 0.25) is 0 Å². The van der Waals surface area contributed by atoms with E-state index in [2.05, 4.69) is 6.58 Å². The van der Waals surface area contributed by atoms with Crippen molar-refractivity contribution in [2.24, 2.45) is 0 Å². The van der Waals surface area contributed by atoms with Gasteiger partial charge in [0.1, 0.15) is 0 Å². The Bertz CT molecular complexity index is 1400. The van der Waals surface area contributed by atoms with Crippen molar-refractivity contribution >= 4 is 21.8 Å². The number of allylic oxidation sites excluding steroid dienone is 1. The van der Waals surface area contributed by atoms with Crippen molar-refractivity contribution in [3.05, 3.63) is 101 Å². The molecule has 8 heteroatoms. The van der Waals surface area contributed by atoms with Crippen LogP contribution in [0.3, 0.4) is 0 Å². The SMILES string of the molecule is C=CCn1c(C)cc(C(=O)COC(=O)c2cccc(S(=O)(=O)N3CCc4ccccc4C3)c2)c1C. The molecular formula is C27H28N2O5S. The minimum Gasteiger partial charge on any atom is -0.454 e. The van der Waals surface area contributed by atoms with Crippen LogP contribution in [0.25, 0.3) is 0 Å². The lowest BCUT2D eigenvalue weighted by atomic mass is 10.0. The van der Waals surface area contributed by atoms with Gasteiger partial charge in [0.25, 0.3) is 0 Å². The van der Waals surface area contributed by atoms with Gasteiger partial charge in [-0.2, -0.15) is 4.31 Å². The number of ether oxygens (including phenoxy) is 1. The quantitative estimate of drug-likeness (QED) is 0.269. The summed E-state index contributed by atoms with van der Waals surface area (Å²) in [5.74, 6) is -1.07. The Morgan fingerprint density at radius 2 is 1.80 bits per heavy atom. The Morgan fingerprint density at radius 1 is 1.06 bits per heavy atom. The second-order valence-electron chi connectivity index (χ2n) is 8.57. The number of benzene rings is 2. The first-order valence-electron chi connectivity index (χ1n) is 11.4. The standard InChI is InChI=1S/C27H28N2O5S/c1-4-13-29-19(2)15-25(20(29)3)26(30)18-34-27(31)22-10-7-11-24(16-22)35(32,33)28-14-12-21-8-5-6-9-23(21)17-28/h4-11,15-16H,1,12-14,17-18H2,2-3H3. The molecule has 4 rings (SSSR count). The molecule has 1 aromatic heterocycles. The normalized spacial score (nSPS) is 13.8. The summed E-state index contributed by atoms with van der Waals surface area (Å²) in [6.45, 7) is 8.25. The number of sulfonamides is 1. The highest BCUT2D eigenvalue weighted by atomic mass is 32.2. The van der Waals surface area contributed by atoms with Gasteiger partial charge in [0.05, 0.1) is 10.5 Å². The lowest BCUT2D eigenvalue weighted by molar-refractivity contribution is 0.0474. The second-order valence-corrected chi connectivity index (χ2v) is 10.5. The van der Waals surface area contributed by atoms with E-state index >= 15 is 0 Å². The van der Waals surface area contributed by atoms with Gasteiger partial charge < -0.3 is 9.30 Å². The predicted octanol–water partition coefficient (Wildman–Crippen LogP) is 4.08. The van der Waals surface area contributed by atoms with Crippen molar-refractivity contribution in [1.82, 2.24) is 8.87 Å². The van der Waals surface area contributed by atoms with Crippen LogP contribution in [0.15, 0.2) is 72.1 Å². The lowest BCUT2D eigenvalue weighted by Gasteiger charge is -2.28. The molecule has 0 saturated carbocycles. The van der Waals surface area contributed by atoms with Gasteiger partial charge in [-0.15, -0.1) is 6.58 Å². The van der Waals surface area contributed by atoms with E-state index in [1.807, 2.05) is 42.7 Å². The minimum absolute atomic E-state index is 0.0191. The van der Waals surface area contributed by atoms with Crippen molar-refractivity contribution in [3.63, 3.8) is 0 Å². The molecule has 0 saturated heterocycles. The molecule has 0 atom stereocenters. The number of fused-ring (bicyclic) bond motifs is 1. The van der Waals surface area contributed by atoms with E-state index in [1.54, 1.807) is 12.1 Å². The molecule has 182 valence electrons. The maximum absolute atomic E-state index is 13.3. The molecule has 0 aliphatic carbocycles. The zero-order valence-corrected chi connectivity index (χ0v) is 20.7. The van der Waals surface area contributed by atoms with Gasteiger partial charge >= 0.3 is 5.97 Å². The Morgan fingerprint density at radius 3 is 2.54 bits per heavy atom. The molecular weight excluding hydrogens is 464 g/mol. The molecule has 1 aliphatic rings. The third-order valence-corrected chi connectivity index (χ3v) is 8.16. The van der Waals surface area contributed by atoms with Crippen LogP contribution in [0, 0.1) is 13.8 Å². The van der Waals surface area contributed by atoms with E-state index in [1.165, 1.54) is 28.6 Å². The van der Waals surface area contributed by atoms with Gasteiger partial charge in [0.2, 0.25) is 15.8 Å². The minimum atomic E-state index is -3.80. The predicted molar refractivity (Wildman–Crippen MR) is 133 cm³/mol. The van der Waals surface area contributed by atoms with Crippen LogP contribution in [-0.4, -0.2) is 42.2 Å². The molecule has 0 spiro atoms. The summed E-state index contributed by atoms with van der Waals surface area (Å²) in [4.78, 5) is 25.4. The molecule has 0 bridgehead atoms. The fraction of sp³-hybridized carbons (Fsp3) is 0.259. The van der Waals surface area contributed by atoms with E-state index in [-0.39, 0.29) is 22.8 Å². The Labute approximate surface area is 205 Å². The van der Waals surface area contributed by atoms with Crippen molar-refractivity contribution in [2.45, 2.75) is 38.3 Å². The first kappa shape index (κ1) is 24.6. The van der Waals surface area contributed by atoms with E-state index < -0.39 is 22.6 Å². The zero-order valence-electron chi connectivity index (χ0n) is 19.9. The summed E-state index contributed by atoms with van der Waals surface area (Å²) in [7, 11) is -3.80. The summed E-state index contributed by atoms with van der Waals surface area (Å²) in [6, 6.07) is 15.3. The number of hydrogen-bond donors (Lipinski definition) is 0. The van der Waals surface area contributed by atoms with Crippen molar-refractivity contribution < 1.29 is 22.7 Å². The summed E-state index contributed by atoms with van der Waals surface area (Å²) in [5, 5.41) is 0. The maximum Gasteiger partial charge on any atom is 0.338 e. The smallest absolute Gasteiger partial charge is 0.338 e. The fourth-order valence-corrected chi connectivity index (χ4v) is 5.86. The number of nitrogens with zero attached hydrogens (tertiary/aromatic N) is 2. The Kier molecular flexibility index (Phi) is 7.05. The fourth-order valence-electron chi connectivity index (χ4n) is 4.39. The van der Waals surface area contributed by atoms with Crippen LogP contribution in [0.5, 0.6) is 0 Å². The van der Waals surface area contributed by atoms with Crippen molar-refractivity contribution in [3.8, 4) is 0 Å². The van der Waals surface area contributed by atoms with Gasteiger partial charge in [-0.3, -0.25) is 4.79 Å². The number of carbonyl (C=O) groups is 2. The number of aromatic nitrogens is 1. The molecule has 35 heavy (non-hydrogen) atoms. The molecule has 0 unspecified atom stereocenters. The van der Waals surface area contributed by atoms with Gasteiger partial charge in [-0.25, -0.2) is 13.2 Å². The largest absolute Gasteiger partial charge is 0.454 e. The van der Waals surface area contributed by atoms with E-state index in [0.717, 1.165) is 22.5 Å². The van der Waals surface area contributed by atoms with Crippen LogP contribution in [0.1, 0.15) is 43.2 Å². The van der Waals surface area contributed by atoms with Crippen LogP contribution in [-0.2, 0) is 34.3 Å².